The minimum Gasteiger partial charge on any atom is -0.493 e. The summed E-state index contributed by atoms with van der Waals surface area (Å²) in [5, 5.41) is 11.7. The van der Waals surface area contributed by atoms with Crippen molar-refractivity contribution in [1.29, 1.82) is 0 Å². The van der Waals surface area contributed by atoms with Gasteiger partial charge in [-0.25, -0.2) is 0 Å². The molecule has 0 radical (unpaired) electrons. The van der Waals surface area contributed by atoms with Gasteiger partial charge in [0, 0.05) is 31.8 Å². The number of esters is 1. The van der Waals surface area contributed by atoms with Gasteiger partial charge in [0.15, 0.2) is 23.4 Å². The predicted molar refractivity (Wildman–Crippen MR) is 109 cm³/mol. The van der Waals surface area contributed by atoms with Crippen LogP contribution in [-0.4, -0.2) is 55.7 Å². The molecule has 8 heteroatoms. The van der Waals surface area contributed by atoms with Crippen molar-refractivity contribution in [3.05, 3.63) is 30.4 Å². The normalized spacial score (nSPS) is 35.7. The summed E-state index contributed by atoms with van der Waals surface area (Å²) in [6.07, 6.45) is -0.127. The number of Topliss-reactive ketones (excluding diaryl/α,β-unsaturated/α-hetero) is 1. The van der Waals surface area contributed by atoms with Crippen LogP contribution in [0.5, 0.6) is 17.2 Å². The Morgan fingerprint density at radius 2 is 2.10 bits per heavy atom. The van der Waals surface area contributed by atoms with E-state index >= 15 is 0 Å². The van der Waals surface area contributed by atoms with Crippen LogP contribution in [0.2, 0.25) is 0 Å². The van der Waals surface area contributed by atoms with Crippen LogP contribution in [0, 0.1) is 11.3 Å². The first-order chi connectivity index (χ1) is 14.8. The monoisotopic (exact) mass is 432 g/mol. The zero-order valence-corrected chi connectivity index (χ0v) is 18.2. The van der Waals surface area contributed by atoms with Gasteiger partial charge in [0.2, 0.25) is 12.5 Å². The SMILES string of the molecule is C=CC[C@@]12CC(=O)[C@@H](OC(C)=O)[C@@](OC)([C@@H](c3cc(OC)c4c(c3)OCO4)[C@@H]1C)[C@H]2O. The number of aliphatic hydroxyl groups is 1. The maximum atomic E-state index is 13.2. The lowest BCUT2D eigenvalue weighted by Gasteiger charge is -2.47. The molecule has 2 bridgehead atoms. The number of carbonyl (C=O) groups excluding carboxylic acids is 2. The Morgan fingerprint density at radius 3 is 2.71 bits per heavy atom. The third-order valence-corrected chi connectivity index (χ3v) is 7.27. The number of benzene rings is 1. The zero-order chi connectivity index (χ0) is 22.6. The van der Waals surface area contributed by atoms with Gasteiger partial charge in [0.05, 0.1) is 13.2 Å². The van der Waals surface area contributed by atoms with E-state index in [1.54, 1.807) is 12.1 Å². The van der Waals surface area contributed by atoms with Crippen molar-refractivity contribution < 1.29 is 38.4 Å². The first-order valence-electron chi connectivity index (χ1n) is 10.3. The highest BCUT2D eigenvalue weighted by Gasteiger charge is 2.75. The Balaban J connectivity index is 1.95. The van der Waals surface area contributed by atoms with E-state index in [-0.39, 0.29) is 24.9 Å². The van der Waals surface area contributed by atoms with E-state index in [4.69, 9.17) is 23.7 Å². The van der Waals surface area contributed by atoms with Gasteiger partial charge in [-0.05, 0) is 30.0 Å². The van der Waals surface area contributed by atoms with Crippen LogP contribution in [0.15, 0.2) is 24.8 Å². The Bertz CT molecular complexity index is 926. The number of hydrogen-bond acceptors (Lipinski definition) is 8. The summed E-state index contributed by atoms with van der Waals surface area (Å²) >= 11 is 0. The number of carbonyl (C=O) groups is 2. The quantitative estimate of drug-likeness (QED) is 0.540. The molecule has 0 saturated heterocycles. The molecule has 2 fully saturated rings. The molecule has 168 valence electrons. The maximum Gasteiger partial charge on any atom is 0.303 e. The summed E-state index contributed by atoms with van der Waals surface area (Å²) in [6, 6.07) is 3.62. The molecular formula is C23H28O8. The number of rotatable bonds is 6. The number of hydrogen-bond donors (Lipinski definition) is 1. The van der Waals surface area contributed by atoms with Gasteiger partial charge in [-0.1, -0.05) is 13.0 Å². The average Bonchev–Trinajstić information content (AvgIpc) is 3.25. The lowest BCUT2D eigenvalue weighted by Crippen LogP contribution is -2.64. The number of methoxy groups -OCH3 is 2. The molecule has 3 aliphatic rings. The number of fused-ring (bicyclic) bond motifs is 3. The largest absolute Gasteiger partial charge is 0.493 e. The fraction of sp³-hybridized carbons (Fsp3) is 0.565. The van der Waals surface area contributed by atoms with Crippen LogP contribution >= 0.6 is 0 Å². The summed E-state index contributed by atoms with van der Waals surface area (Å²) in [5.74, 6) is -0.0996. The first kappa shape index (κ1) is 21.6. The van der Waals surface area contributed by atoms with Crippen LogP contribution in [0.4, 0.5) is 0 Å². The van der Waals surface area contributed by atoms with Gasteiger partial charge >= 0.3 is 5.97 Å². The van der Waals surface area contributed by atoms with Gasteiger partial charge in [0.1, 0.15) is 5.60 Å². The van der Waals surface area contributed by atoms with Crippen LogP contribution in [-0.2, 0) is 19.1 Å². The van der Waals surface area contributed by atoms with Crippen molar-refractivity contribution in [3.63, 3.8) is 0 Å². The molecule has 2 aliphatic carbocycles. The first-order valence-corrected chi connectivity index (χ1v) is 10.3. The fourth-order valence-corrected chi connectivity index (χ4v) is 6.01. The highest BCUT2D eigenvalue weighted by Crippen LogP contribution is 2.66. The van der Waals surface area contributed by atoms with E-state index in [1.165, 1.54) is 21.1 Å². The van der Waals surface area contributed by atoms with Crippen LogP contribution in [0.25, 0.3) is 0 Å². The highest BCUT2D eigenvalue weighted by atomic mass is 16.7. The minimum atomic E-state index is -1.47. The maximum absolute atomic E-state index is 13.2. The summed E-state index contributed by atoms with van der Waals surface area (Å²) in [7, 11) is 2.97. The Hall–Kier alpha value is -2.58. The molecule has 0 unspecified atom stereocenters. The van der Waals surface area contributed by atoms with Crippen LogP contribution in [0.1, 0.15) is 38.2 Å². The smallest absolute Gasteiger partial charge is 0.303 e. The van der Waals surface area contributed by atoms with Gasteiger partial charge in [0.25, 0.3) is 0 Å². The van der Waals surface area contributed by atoms with Crippen molar-refractivity contribution in [2.45, 2.75) is 50.4 Å². The van der Waals surface area contributed by atoms with E-state index in [2.05, 4.69) is 6.58 Å². The third-order valence-electron chi connectivity index (χ3n) is 7.27. The lowest BCUT2D eigenvalue weighted by molar-refractivity contribution is -0.211. The second-order valence-electron chi connectivity index (χ2n) is 8.54. The summed E-state index contributed by atoms with van der Waals surface area (Å²) in [5.41, 5.74) is -1.53. The second-order valence-corrected chi connectivity index (χ2v) is 8.54. The van der Waals surface area contributed by atoms with E-state index in [0.29, 0.717) is 23.7 Å². The van der Waals surface area contributed by atoms with Crippen molar-refractivity contribution in [2.24, 2.45) is 11.3 Å². The number of allylic oxidation sites excluding steroid dienone is 1. The predicted octanol–water partition coefficient (Wildman–Crippen LogP) is 2.37. The van der Waals surface area contributed by atoms with Crippen molar-refractivity contribution in [3.8, 4) is 17.2 Å². The van der Waals surface area contributed by atoms with Gasteiger partial charge in [-0.2, -0.15) is 0 Å². The minimum absolute atomic E-state index is 0.0581. The molecular weight excluding hydrogens is 404 g/mol. The second kappa shape index (κ2) is 7.53. The molecule has 0 aromatic heterocycles. The molecule has 1 heterocycles. The summed E-state index contributed by atoms with van der Waals surface area (Å²) in [6.45, 7) is 7.14. The average molecular weight is 432 g/mol. The van der Waals surface area contributed by atoms with Gasteiger partial charge in [-0.3, -0.25) is 9.59 Å². The fourth-order valence-electron chi connectivity index (χ4n) is 6.01. The number of aliphatic hydroxyl groups excluding tert-OH is 1. The zero-order valence-electron chi connectivity index (χ0n) is 18.2. The molecule has 31 heavy (non-hydrogen) atoms. The molecule has 1 N–H and O–H groups in total. The topological polar surface area (TPSA) is 101 Å². The molecule has 8 nitrogen and oxygen atoms in total. The Kier molecular flexibility index (Phi) is 5.26. The van der Waals surface area contributed by atoms with Gasteiger partial charge in [-0.15, -0.1) is 6.58 Å². The number of ether oxygens (including phenoxy) is 5. The summed E-state index contributed by atoms with van der Waals surface area (Å²) in [4.78, 5) is 25.1. The Morgan fingerprint density at radius 1 is 1.35 bits per heavy atom. The number of ketones is 1. The third kappa shape index (κ3) is 2.81. The van der Waals surface area contributed by atoms with Crippen LogP contribution in [0.3, 0.4) is 0 Å². The van der Waals surface area contributed by atoms with Crippen molar-refractivity contribution >= 4 is 11.8 Å². The molecule has 1 aliphatic heterocycles. The van der Waals surface area contributed by atoms with E-state index in [9.17, 15) is 14.7 Å². The Labute approximate surface area is 181 Å². The van der Waals surface area contributed by atoms with E-state index in [0.717, 1.165) is 5.56 Å². The molecule has 1 aromatic carbocycles. The molecule has 6 atom stereocenters. The van der Waals surface area contributed by atoms with E-state index < -0.39 is 35.1 Å². The molecule has 2 saturated carbocycles. The lowest BCUT2D eigenvalue weighted by atomic mass is 9.65. The standard InChI is InChI=1S/C23H28O8/c1-6-7-22-10-15(25)20(31-13(3)24)23(28-5,21(22)26)18(12(22)2)14-8-16(27-4)19-17(9-14)29-11-30-19/h6,8-9,12,18,20-21,26H,1,7,10-11H2,2-5H3/t12-,18+,20+,21-,22+,23-/m0/s1. The molecule has 0 spiro atoms. The summed E-state index contributed by atoms with van der Waals surface area (Å²) < 4.78 is 28.1. The van der Waals surface area contributed by atoms with Crippen molar-refractivity contribution in [2.75, 3.05) is 21.0 Å². The van der Waals surface area contributed by atoms with Gasteiger partial charge < -0.3 is 28.8 Å². The molecule has 0 amide bonds. The van der Waals surface area contributed by atoms with Crippen molar-refractivity contribution in [1.82, 2.24) is 0 Å². The molecule has 1 aromatic rings. The van der Waals surface area contributed by atoms with E-state index in [1.807, 2.05) is 13.0 Å². The van der Waals surface area contributed by atoms with Crippen LogP contribution < -0.4 is 14.2 Å². The highest BCUT2D eigenvalue weighted by molar-refractivity contribution is 5.90. The molecule has 4 rings (SSSR count).